The van der Waals surface area contributed by atoms with E-state index in [0.29, 0.717) is 11.6 Å². The van der Waals surface area contributed by atoms with Gasteiger partial charge in [-0.25, -0.2) is 0 Å². The number of ether oxygens (including phenoxy) is 1. The zero-order valence-electron chi connectivity index (χ0n) is 17.4. The monoisotopic (exact) mass is 390 g/mol. The van der Waals surface area contributed by atoms with E-state index in [1.165, 1.54) is 0 Å². The van der Waals surface area contributed by atoms with Gasteiger partial charge in [0.15, 0.2) is 5.82 Å². The van der Waals surface area contributed by atoms with Gasteiger partial charge in [0.25, 0.3) is 0 Å². The van der Waals surface area contributed by atoms with Crippen molar-refractivity contribution in [3.8, 4) is 16.9 Å². The maximum atomic E-state index is 13.2. The van der Waals surface area contributed by atoms with E-state index in [4.69, 9.17) is 4.74 Å². The number of pyridine rings is 1. The van der Waals surface area contributed by atoms with E-state index in [2.05, 4.69) is 20.5 Å². The summed E-state index contributed by atoms with van der Waals surface area (Å²) in [6, 6.07) is 13.5. The molecule has 6 heteroatoms. The standard InChI is InChI=1S/C23H26N4O2/c1-15(2)23(4,22(28)25-21-11-6-16(3)26-27-21)19-9-7-17(8-10-19)18-12-20(29-5)14-24-13-18/h6-15H,1-5H3,(H,25,27,28). The minimum Gasteiger partial charge on any atom is -0.495 e. The predicted molar refractivity (Wildman–Crippen MR) is 114 cm³/mol. The summed E-state index contributed by atoms with van der Waals surface area (Å²) < 4.78 is 5.25. The van der Waals surface area contributed by atoms with Crippen LogP contribution in [0.4, 0.5) is 5.82 Å². The highest BCUT2D eigenvalue weighted by Gasteiger charge is 2.38. The van der Waals surface area contributed by atoms with E-state index < -0.39 is 5.41 Å². The molecule has 1 atom stereocenters. The van der Waals surface area contributed by atoms with Gasteiger partial charge in [-0.3, -0.25) is 9.78 Å². The first-order chi connectivity index (χ1) is 13.8. The molecule has 0 bridgehead atoms. The van der Waals surface area contributed by atoms with E-state index in [1.54, 1.807) is 25.6 Å². The topological polar surface area (TPSA) is 77.0 Å². The molecular weight excluding hydrogens is 364 g/mol. The summed E-state index contributed by atoms with van der Waals surface area (Å²) in [6.45, 7) is 7.90. The van der Waals surface area contributed by atoms with Crippen LogP contribution in [0.1, 0.15) is 32.0 Å². The van der Waals surface area contributed by atoms with E-state index in [-0.39, 0.29) is 11.8 Å². The molecule has 150 valence electrons. The number of hydrogen-bond donors (Lipinski definition) is 1. The average molecular weight is 390 g/mol. The Morgan fingerprint density at radius 3 is 2.34 bits per heavy atom. The van der Waals surface area contributed by atoms with Crippen LogP contribution in [0, 0.1) is 12.8 Å². The molecule has 0 saturated heterocycles. The lowest BCUT2D eigenvalue weighted by atomic mass is 9.72. The number of hydrogen-bond acceptors (Lipinski definition) is 5. The second kappa shape index (κ2) is 8.39. The fraction of sp³-hybridized carbons (Fsp3) is 0.304. The van der Waals surface area contributed by atoms with Crippen LogP contribution in [0.15, 0.2) is 54.9 Å². The number of amides is 1. The normalized spacial score (nSPS) is 13.0. The molecule has 1 unspecified atom stereocenters. The van der Waals surface area contributed by atoms with Crippen LogP contribution >= 0.6 is 0 Å². The minimum atomic E-state index is -0.724. The van der Waals surface area contributed by atoms with Gasteiger partial charge in [-0.2, -0.15) is 5.10 Å². The van der Waals surface area contributed by atoms with E-state index in [9.17, 15) is 4.79 Å². The number of methoxy groups -OCH3 is 1. The molecule has 1 amide bonds. The predicted octanol–water partition coefficient (Wildman–Crippen LogP) is 4.41. The van der Waals surface area contributed by atoms with Crippen LogP contribution < -0.4 is 10.1 Å². The molecule has 0 fully saturated rings. The van der Waals surface area contributed by atoms with Gasteiger partial charge in [-0.1, -0.05) is 38.1 Å². The number of carbonyl (C=O) groups is 1. The zero-order chi connectivity index (χ0) is 21.0. The molecule has 3 aromatic rings. The third kappa shape index (κ3) is 4.26. The van der Waals surface area contributed by atoms with Crippen molar-refractivity contribution in [1.29, 1.82) is 0 Å². The number of aryl methyl sites for hydroxylation is 1. The van der Waals surface area contributed by atoms with E-state index >= 15 is 0 Å². The first kappa shape index (κ1) is 20.5. The summed E-state index contributed by atoms with van der Waals surface area (Å²) in [5.41, 5.74) is 2.98. The van der Waals surface area contributed by atoms with Gasteiger partial charge in [0, 0.05) is 11.8 Å². The number of nitrogens with zero attached hydrogens (tertiary/aromatic N) is 3. The zero-order valence-corrected chi connectivity index (χ0v) is 17.4. The van der Waals surface area contributed by atoms with Gasteiger partial charge in [0.1, 0.15) is 5.75 Å². The van der Waals surface area contributed by atoms with Gasteiger partial charge in [0.05, 0.1) is 24.4 Å². The number of aromatic nitrogens is 3. The van der Waals surface area contributed by atoms with Gasteiger partial charge < -0.3 is 10.1 Å². The van der Waals surface area contributed by atoms with Crippen LogP contribution in [-0.2, 0) is 10.2 Å². The van der Waals surface area contributed by atoms with Gasteiger partial charge >= 0.3 is 0 Å². The summed E-state index contributed by atoms with van der Waals surface area (Å²) >= 11 is 0. The molecule has 0 radical (unpaired) electrons. The van der Waals surface area contributed by atoms with Crippen LogP contribution in [-0.4, -0.2) is 28.2 Å². The molecule has 0 aliphatic rings. The third-order valence-electron chi connectivity index (χ3n) is 5.43. The van der Waals surface area contributed by atoms with E-state index in [0.717, 1.165) is 22.4 Å². The van der Waals surface area contributed by atoms with Crippen LogP contribution in [0.3, 0.4) is 0 Å². The number of benzene rings is 1. The maximum Gasteiger partial charge on any atom is 0.236 e. The van der Waals surface area contributed by atoms with Crippen LogP contribution in [0.5, 0.6) is 5.75 Å². The molecular formula is C23H26N4O2. The van der Waals surface area contributed by atoms with Crippen molar-refractivity contribution in [3.63, 3.8) is 0 Å². The fourth-order valence-corrected chi connectivity index (χ4v) is 3.14. The minimum absolute atomic E-state index is 0.0743. The molecule has 0 saturated carbocycles. The molecule has 2 aromatic heterocycles. The molecule has 1 aromatic carbocycles. The lowest BCUT2D eigenvalue weighted by Gasteiger charge is -2.33. The Balaban J connectivity index is 1.89. The summed E-state index contributed by atoms with van der Waals surface area (Å²) in [5.74, 6) is 1.12. The summed E-state index contributed by atoms with van der Waals surface area (Å²) in [7, 11) is 1.62. The second-order valence-electron chi connectivity index (χ2n) is 7.56. The summed E-state index contributed by atoms with van der Waals surface area (Å²) in [6.07, 6.45) is 3.47. The molecule has 29 heavy (non-hydrogen) atoms. The number of anilines is 1. The largest absolute Gasteiger partial charge is 0.495 e. The highest BCUT2D eigenvalue weighted by atomic mass is 16.5. The molecule has 0 spiro atoms. The molecule has 6 nitrogen and oxygen atoms in total. The smallest absolute Gasteiger partial charge is 0.236 e. The Kier molecular flexibility index (Phi) is 5.92. The van der Waals surface area contributed by atoms with Crippen molar-refractivity contribution >= 4 is 11.7 Å². The number of nitrogens with one attached hydrogen (secondary N) is 1. The van der Waals surface area contributed by atoms with Crippen molar-refractivity contribution in [1.82, 2.24) is 15.2 Å². The first-order valence-corrected chi connectivity index (χ1v) is 9.56. The highest BCUT2D eigenvalue weighted by molar-refractivity contribution is 5.98. The number of rotatable bonds is 6. The van der Waals surface area contributed by atoms with Gasteiger partial charge in [-0.15, -0.1) is 5.10 Å². The van der Waals surface area contributed by atoms with Crippen molar-refractivity contribution in [3.05, 3.63) is 66.1 Å². The Labute approximate surface area is 171 Å². The molecule has 3 rings (SSSR count). The van der Waals surface area contributed by atoms with Crippen molar-refractivity contribution in [2.45, 2.75) is 33.1 Å². The Morgan fingerprint density at radius 1 is 1.03 bits per heavy atom. The average Bonchev–Trinajstić information content (AvgIpc) is 2.74. The lowest BCUT2D eigenvalue weighted by molar-refractivity contribution is -0.122. The van der Waals surface area contributed by atoms with Crippen molar-refractivity contribution < 1.29 is 9.53 Å². The third-order valence-corrected chi connectivity index (χ3v) is 5.43. The van der Waals surface area contributed by atoms with Crippen molar-refractivity contribution in [2.24, 2.45) is 5.92 Å². The number of carbonyl (C=O) groups excluding carboxylic acids is 1. The molecule has 1 N–H and O–H groups in total. The van der Waals surface area contributed by atoms with Gasteiger partial charge in [0.2, 0.25) is 5.91 Å². The Bertz CT molecular complexity index is 985. The molecule has 2 heterocycles. The fourth-order valence-electron chi connectivity index (χ4n) is 3.14. The van der Waals surface area contributed by atoms with Gasteiger partial charge in [-0.05, 0) is 49.1 Å². The Morgan fingerprint density at radius 2 is 1.76 bits per heavy atom. The van der Waals surface area contributed by atoms with Crippen LogP contribution in [0.2, 0.25) is 0 Å². The van der Waals surface area contributed by atoms with Crippen LogP contribution in [0.25, 0.3) is 11.1 Å². The molecule has 0 aliphatic carbocycles. The quantitative estimate of drug-likeness (QED) is 0.675. The lowest BCUT2D eigenvalue weighted by Crippen LogP contribution is -2.42. The Hall–Kier alpha value is -3.28. The van der Waals surface area contributed by atoms with Crippen molar-refractivity contribution in [2.75, 3.05) is 12.4 Å². The first-order valence-electron chi connectivity index (χ1n) is 9.56. The SMILES string of the molecule is COc1cncc(-c2ccc(C(C)(C(=O)Nc3ccc(C)nn3)C(C)C)cc2)c1. The molecule has 0 aliphatic heterocycles. The van der Waals surface area contributed by atoms with E-state index in [1.807, 2.05) is 64.1 Å². The summed E-state index contributed by atoms with van der Waals surface area (Å²) in [5, 5.41) is 11.0. The highest BCUT2D eigenvalue weighted by Crippen LogP contribution is 2.35. The maximum absolute atomic E-state index is 13.2. The second-order valence-corrected chi connectivity index (χ2v) is 7.56. The summed E-state index contributed by atoms with van der Waals surface area (Å²) in [4.78, 5) is 17.4.